The third kappa shape index (κ3) is 2.50. The number of pyridine rings is 1. The van der Waals surface area contributed by atoms with Gasteiger partial charge in [0.15, 0.2) is 5.65 Å². The molecule has 2 aromatic heterocycles. The van der Waals surface area contributed by atoms with Crippen molar-refractivity contribution in [2.75, 3.05) is 12.4 Å². The quantitative estimate of drug-likeness (QED) is 0.935. The van der Waals surface area contributed by atoms with Crippen LogP contribution in [0.25, 0.3) is 11.0 Å². The topological polar surface area (TPSA) is 52.0 Å². The van der Waals surface area contributed by atoms with Gasteiger partial charge in [0.05, 0.1) is 23.7 Å². The minimum Gasteiger partial charge on any atom is -0.381 e. The van der Waals surface area contributed by atoms with Crippen LogP contribution in [-0.4, -0.2) is 34.0 Å². The van der Waals surface area contributed by atoms with Crippen molar-refractivity contribution in [3.05, 3.63) is 18.0 Å². The van der Waals surface area contributed by atoms with Crippen molar-refractivity contribution in [2.45, 2.75) is 44.8 Å². The molecule has 20 heavy (non-hydrogen) atoms. The Bertz CT molecular complexity index is 599. The first-order valence-electron chi connectivity index (χ1n) is 7.26. The number of fused-ring (bicyclic) bond motifs is 1. The molecule has 0 spiro atoms. The van der Waals surface area contributed by atoms with Gasteiger partial charge in [0, 0.05) is 25.6 Å². The molecule has 1 fully saturated rings. The maximum atomic E-state index is 5.41. The van der Waals surface area contributed by atoms with E-state index >= 15 is 0 Å². The van der Waals surface area contributed by atoms with Gasteiger partial charge in [0.25, 0.3) is 0 Å². The van der Waals surface area contributed by atoms with Crippen LogP contribution in [0, 0.1) is 6.92 Å². The summed E-state index contributed by atoms with van der Waals surface area (Å²) in [6.45, 7) is 2.03. The highest BCUT2D eigenvalue weighted by atomic mass is 16.5. The molecule has 0 unspecified atom stereocenters. The summed E-state index contributed by atoms with van der Waals surface area (Å²) in [5.74, 6) is 0. The molecule has 2 heterocycles. The summed E-state index contributed by atoms with van der Waals surface area (Å²) in [5, 5.41) is 9.14. The van der Waals surface area contributed by atoms with Crippen LogP contribution in [0.3, 0.4) is 0 Å². The van der Waals surface area contributed by atoms with Crippen molar-refractivity contribution in [1.29, 1.82) is 0 Å². The summed E-state index contributed by atoms with van der Waals surface area (Å²) in [4.78, 5) is 4.51. The van der Waals surface area contributed by atoms with Gasteiger partial charge in [-0.25, -0.2) is 4.98 Å². The Morgan fingerprint density at radius 3 is 2.75 bits per heavy atom. The fourth-order valence-electron chi connectivity index (χ4n) is 3.07. The average molecular weight is 274 g/mol. The van der Waals surface area contributed by atoms with Gasteiger partial charge in [-0.1, -0.05) is 0 Å². The lowest BCUT2D eigenvalue weighted by molar-refractivity contribution is 0.0682. The van der Waals surface area contributed by atoms with Gasteiger partial charge in [-0.3, -0.25) is 4.68 Å². The molecule has 0 aliphatic heterocycles. The summed E-state index contributed by atoms with van der Waals surface area (Å²) in [6, 6.07) is 2.69. The molecule has 0 atom stereocenters. The van der Waals surface area contributed by atoms with E-state index in [2.05, 4.69) is 21.5 Å². The lowest BCUT2D eigenvalue weighted by Crippen LogP contribution is -2.29. The van der Waals surface area contributed by atoms with Crippen LogP contribution in [0.15, 0.2) is 12.3 Å². The molecule has 108 valence electrons. The molecular weight excluding hydrogens is 252 g/mol. The number of methoxy groups -OCH3 is 1. The highest BCUT2D eigenvalue weighted by Gasteiger charge is 2.20. The minimum absolute atomic E-state index is 0.439. The summed E-state index contributed by atoms with van der Waals surface area (Å²) >= 11 is 0. The van der Waals surface area contributed by atoms with E-state index < -0.39 is 0 Å². The number of nitrogens with zero attached hydrogens (tertiary/aromatic N) is 3. The maximum absolute atomic E-state index is 5.41. The van der Waals surface area contributed by atoms with Crippen LogP contribution in [0.1, 0.15) is 31.4 Å². The summed E-state index contributed by atoms with van der Waals surface area (Å²) in [5.41, 5.74) is 3.06. The van der Waals surface area contributed by atoms with E-state index in [4.69, 9.17) is 4.74 Å². The Labute approximate surface area is 119 Å². The first-order chi connectivity index (χ1) is 9.67. The maximum Gasteiger partial charge on any atom is 0.157 e. The van der Waals surface area contributed by atoms with Crippen molar-refractivity contribution in [2.24, 2.45) is 7.05 Å². The van der Waals surface area contributed by atoms with Crippen molar-refractivity contribution in [3.8, 4) is 0 Å². The average Bonchev–Trinajstić information content (AvgIpc) is 2.75. The number of ether oxygens (including phenoxy) is 1. The first-order valence-corrected chi connectivity index (χ1v) is 7.26. The number of hydrogen-bond acceptors (Lipinski definition) is 4. The first kappa shape index (κ1) is 13.4. The molecule has 1 saturated carbocycles. The van der Waals surface area contributed by atoms with E-state index in [1.54, 1.807) is 7.11 Å². The molecule has 0 saturated heterocycles. The van der Waals surface area contributed by atoms with E-state index in [1.807, 2.05) is 24.9 Å². The second kappa shape index (κ2) is 5.40. The van der Waals surface area contributed by atoms with Crippen LogP contribution in [0.4, 0.5) is 5.69 Å². The van der Waals surface area contributed by atoms with E-state index in [0.29, 0.717) is 12.1 Å². The molecule has 0 bridgehead atoms. The molecule has 2 aromatic rings. The minimum atomic E-state index is 0.439. The Balaban J connectivity index is 1.73. The van der Waals surface area contributed by atoms with E-state index in [9.17, 15) is 0 Å². The smallest absolute Gasteiger partial charge is 0.157 e. The predicted molar refractivity (Wildman–Crippen MR) is 79.9 cm³/mol. The van der Waals surface area contributed by atoms with Gasteiger partial charge in [-0.05, 0) is 38.7 Å². The fraction of sp³-hybridized carbons (Fsp3) is 0.600. The van der Waals surface area contributed by atoms with Gasteiger partial charge >= 0.3 is 0 Å². The third-order valence-corrected chi connectivity index (χ3v) is 4.24. The van der Waals surface area contributed by atoms with E-state index in [1.165, 1.54) is 0 Å². The monoisotopic (exact) mass is 274 g/mol. The summed E-state index contributed by atoms with van der Waals surface area (Å²) < 4.78 is 7.25. The fourth-order valence-corrected chi connectivity index (χ4v) is 3.07. The molecular formula is C15H22N4O. The van der Waals surface area contributed by atoms with Crippen LogP contribution in [0.2, 0.25) is 0 Å². The molecule has 5 heteroatoms. The second-order valence-electron chi connectivity index (χ2n) is 5.66. The van der Waals surface area contributed by atoms with E-state index in [-0.39, 0.29) is 0 Å². The Morgan fingerprint density at radius 2 is 2.05 bits per heavy atom. The van der Waals surface area contributed by atoms with Crippen LogP contribution in [0.5, 0.6) is 0 Å². The molecule has 5 nitrogen and oxygen atoms in total. The van der Waals surface area contributed by atoms with Gasteiger partial charge in [-0.2, -0.15) is 5.10 Å². The highest BCUT2D eigenvalue weighted by molar-refractivity contribution is 5.81. The van der Waals surface area contributed by atoms with Crippen molar-refractivity contribution >= 4 is 16.7 Å². The van der Waals surface area contributed by atoms with Gasteiger partial charge in [0.1, 0.15) is 0 Å². The number of aryl methyl sites for hydroxylation is 2. The lowest BCUT2D eigenvalue weighted by Gasteiger charge is -2.28. The van der Waals surface area contributed by atoms with Gasteiger partial charge < -0.3 is 10.1 Å². The third-order valence-electron chi connectivity index (χ3n) is 4.24. The van der Waals surface area contributed by atoms with Crippen molar-refractivity contribution < 1.29 is 4.74 Å². The van der Waals surface area contributed by atoms with Crippen LogP contribution >= 0.6 is 0 Å². The molecule has 0 radical (unpaired) electrons. The molecule has 0 amide bonds. The van der Waals surface area contributed by atoms with Crippen molar-refractivity contribution in [1.82, 2.24) is 14.8 Å². The zero-order valence-electron chi connectivity index (χ0n) is 12.4. The van der Waals surface area contributed by atoms with Gasteiger partial charge in [-0.15, -0.1) is 0 Å². The number of anilines is 1. The van der Waals surface area contributed by atoms with Crippen molar-refractivity contribution in [3.63, 3.8) is 0 Å². The standard InChI is InChI=1S/C15H22N4O/c1-10-14-8-12(9-16-15(14)19(2)18-10)17-11-4-6-13(20-3)7-5-11/h8-9,11,13,17H,4-7H2,1-3H3. The Hall–Kier alpha value is -1.62. The molecule has 1 aliphatic rings. The second-order valence-corrected chi connectivity index (χ2v) is 5.66. The molecule has 1 N–H and O–H groups in total. The SMILES string of the molecule is COC1CCC(Nc2cnc3c(c2)c(C)nn3C)CC1. The highest BCUT2D eigenvalue weighted by Crippen LogP contribution is 2.25. The number of hydrogen-bond donors (Lipinski definition) is 1. The normalized spacial score (nSPS) is 23.1. The zero-order valence-corrected chi connectivity index (χ0v) is 12.4. The largest absolute Gasteiger partial charge is 0.381 e. The molecule has 3 rings (SSSR count). The Kier molecular flexibility index (Phi) is 3.61. The molecule has 0 aromatic carbocycles. The van der Waals surface area contributed by atoms with Crippen LogP contribution < -0.4 is 5.32 Å². The molecule has 1 aliphatic carbocycles. The number of nitrogens with one attached hydrogen (secondary N) is 1. The lowest BCUT2D eigenvalue weighted by atomic mass is 9.93. The number of rotatable bonds is 3. The summed E-state index contributed by atoms with van der Waals surface area (Å²) in [7, 11) is 3.74. The summed E-state index contributed by atoms with van der Waals surface area (Å²) in [6.07, 6.45) is 6.93. The zero-order chi connectivity index (χ0) is 14.1. The van der Waals surface area contributed by atoms with Crippen LogP contribution in [-0.2, 0) is 11.8 Å². The number of aromatic nitrogens is 3. The van der Waals surface area contributed by atoms with Gasteiger partial charge in [0.2, 0.25) is 0 Å². The predicted octanol–water partition coefficient (Wildman–Crippen LogP) is 2.65. The van der Waals surface area contributed by atoms with E-state index in [0.717, 1.165) is 48.1 Å². The Morgan fingerprint density at radius 1 is 1.30 bits per heavy atom.